The maximum absolute atomic E-state index is 11.7. The molecule has 2 aromatic carbocycles. The predicted octanol–water partition coefficient (Wildman–Crippen LogP) is 4.38. The van der Waals surface area contributed by atoms with Crippen molar-refractivity contribution in [2.45, 2.75) is 24.8 Å². The molecule has 0 aliphatic carbocycles. The van der Waals surface area contributed by atoms with E-state index in [0.29, 0.717) is 17.9 Å². The molecule has 0 spiro atoms. The fourth-order valence-corrected chi connectivity index (χ4v) is 3.52. The second-order valence-electron chi connectivity index (χ2n) is 5.83. The van der Waals surface area contributed by atoms with Gasteiger partial charge in [0.2, 0.25) is 0 Å². The Hall–Kier alpha value is -2.60. The number of hydrogen-bond acceptors (Lipinski definition) is 5. The van der Waals surface area contributed by atoms with Gasteiger partial charge in [0.05, 0.1) is 6.61 Å². The summed E-state index contributed by atoms with van der Waals surface area (Å²) in [4.78, 5) is 11.7. The van der Waals surface area contributed by atoms with Crippen LogP contribution in [0.3, 0.4) is 0 Å². The summed E-state index contributed by atoms with van der Waals surface area (Å²) in [6, 6.07) is 15.5. The van der Waals surface area contributed by atoms with Crippen LogP contribution in [0.2, 0.25) is 0 Å². The Morgan fingerprint density at radius 1 is 1.15 bits per heavy atom. The summed E-state index contributed by atoms with van der Waals surface area (Å²) in [5.74, 6) is 2.33. The summed E-state index contributed by atoms with van der Waals surface area (Å²) in [5, 5.41) is 9.44. The maximum Gasteiger partial charge on any atom is 0.191 e. The lowest BCUT2D eigenvalue weighted by Crippen LogP contribution is -2.00. The van der Waals surface area contributed by atoms with E-state index in [1.807, 2.05) is 61.0 Å². The number of ether oxygens (including phenoxy) is 1. The summed E-state index contributed by atoms with van der Waals surface area (Å²) in [5.41, 5.74) is 2.70. The molecular formula is C20H21N3O2S. The van der Waals surface area contributed by atoms with Gasteiger partial charge in [-0.2, -0.15) is 0 Å². The van der Waals surface area contributed by atoms with Gasteiger partial charge in [-0.25, -0.2) is 0 Å². The van der Waals surface area contributed by atoms with Crippen molar-refractivity contribution in [2.24, 2.45) is 7.05 Å². The number of benzene rings is 2. The molecule has 6 heteroatoms. The molecule has 0 fully saturated rings. The largest absolute Gasteiger partial charge is 0.494 e. The molecule has 3 aromatic rings. The standard InChI is InChI=1S/C20H21N3O2S/c1-4-25-18-11-10-16(14(2)24)12-17(18)13-26-20-22-21-19(23(20)3)15-8-6-5-7-9-15/h5-12H,4,13H2,1-3H3. The van der Waals surface area contributed by atoms with E-state index in [1.165, 1.54) is 0 Å². The molecule has 0 radical (unpaired) electrons. The molecule has 26 heavy (non-hydrogen) atoms. The molecule has 0 atom stereocenters. The lowest BCUT2D eigenvalue weighted by molar-refractivity contribution is 0.101. The van der Waals surface area contributed by atoms with Crippen LogP contribution in [0.25, 0.3) is 11.4 Å². The van der Waals surface area contributed by atoms with Crippen molar-refractivity contribution in [2.75, 3.05) is 6.61 Å². The Balaban J connectivity index is 1.82. The van der Waals surface area contributed by atoms with Crippen LogP contribution in [0, 0.1) is 0 Å². The van der Waals surface area contributed by atoms with Gasteiger partial charge in [0.1, 0.15) is 5.75 Å². The topological polar surface area (TPSA) is 57.0 Å². The summed E-state index contributed by atoms with van der Waals surface area (Å²) < 4.78 is 7.68. The lowest BCUT2D eigenvalue weighted by atomic mass is 10.1. The summed E-state index contributed by atoms with van der Waals surface area (Å²) >= 11 is 1.57. The predicted molar refractivity (Wildman–Crippen MR) is 104 cm³/mol. The molecule has 0 aliphatic rings. The van der Waals surface area contributed by atoms with Gasteiger partial charge in [-0.1, -0.05) is 42.1 Å². The Morgan fingerprint density at radius 2 is 1.92 bits per heavy atom. The second kappa shape index (κ2) is 8.19. The molecule has 0 saturated carbocycles. The van der Waals surface area contributed by atoms with E-state index in [0.717, 1.165) is 27.9 Å². The highest BCUT2D eigenvalue weighted by atomic mass is 32.2. The number of hydrogen-bond donors (Lipinski definition) is 0. The summed E-state index contributed by atoms with van der Waals surface area (Å²) in [6.07, 6.45) is 0. The van der Waals surface area contributed by atoms with Crippen molar-refractivity contribution >= 4 is 17.5 Å². The zero-order valence-corrected chi connectivity index (χ0v) is 15.9. The molecule has 0 bridgehead atoms. The van der Waals surface area contributed by atoms with E-state index < -0.39 is 0 Å². The summed E-state index contributed by atoms with van der Waals surface area (Å²) in [6.45, 7) is 4.10. The van der Waals surface area contributed by atoms with Crippen LogP contribution in [0.5, 0.6) is 5.75 Å². The van der Waals surface area contributed by atoms with Crippen molar-refractivity contribution in [3.63, 3.8) is 0 Å². The van der Waals surface area contributed by atoms with Crippen LogP contribution in [0.4, 0.5) is 0 Å². The fourth-order valence-electron chi connectivity index (χ4n) is 2.63. The Kier molecular flexibility index (Phi) is 5.73. The number of nitrogens with zero attached hydrogens (tertiary/aromatic N) is 3. The van der Waals surface area contributed by atoms with Gasteiger partial charge in [-0.15, -0.1) is 10.2 Å². The summed E-state index contributed by atoms with van der Waals surface area (Å²) in [7, 11) is 1.96. The van der Waals surface area contributed by atoms with Crippen LogP contribution in [0.15, 0.2) is 53.7 Å². The van der Waals surface area contributed by atoms with Crippen molar-refractivity contribution in [3.05, 3.63) is 59.7 Å². The van der Waals surface area contributed by atoms with E-state index in [9.17, 15) is 4.79 Å². The van der Waals surface area contributed by atoms with E-state index in [-0.39, 0.29) is 5.78 Å². The maximum atomic E-state index is 11.7. The molecule has 0 aliphatic heterocycles. The fraction of sp³-hybridized carbons (Fsp3) is 0.250. The van der Waals surface area contributed by atoms with Crippen LogP contribution in [0.1, 0.15) is 29.8 Å². The van der Waals surface area contributed by atoms with Crippen molar-refractivity contribution in [3.8, 4) is 17.1 Å². The molecule has 134 valence electrons. The average Bonchev–Trinajstić information content (AvgIpc) is 3.02. The minimum atomic E-state index is 0.0457. The first-order chi connectivity index (χ1) is 12.6. The third kappa shape index (κ3) is 3.96. The number of ketones is 1. The number of carbonyl (C=O) groups is 1. The zero-order valence-electron chi connectivity index (χ0n) is 15.1. The molecule has 0 unspecified atom stereocenters. The van der Waals surface area contributed by atoms with Crippen LogP contribution in [-0.2, 0) is 12.8 Å². The quantitative estimate of drug-likeness (QED) is 0.458. The zero-order chi connectivity index (χ0) is 18.5. The molecule has 0 N–H and O–H groups in total. The van der Waals surface area contributed by atoms with E-state index in [2.05, 4.69) is 10.2 Å². The van der Waals surface area contributed by atoms with Crippen molar-refractivity contribution in [1.82, 2.24) is 14.8 Å². The smallest absolute Gasteiger partial charge is 0.191 e. The van der Waals surface area contributed by atoms with Gasteiger partial charge < -0.3 is 9.30 Å². The van der Waals surface area contributed by atoms with E-state index in [1.54, 1.807) is 24.8 Å². The normalized spacial score (nSPS) is 10.7. The average molecular weight is 367 g/mol. The van der Waals surface area contributed by atoms with Gasteiger partial charge in [0.15, 0.2) is 16.8 Å². The highest BCUT2D eigenvalue weighted by Crippen LogP contribution is 2.30. The van der Waals surface area contributed by atoms with E-state index >= 15 is 0 Å². The Morgan fingerprint density at radius 3 is 2.62 bits per heavy atom. The highest BCUT2D eigenvalue weighted by molar-refractivity contribution is 7.98. The molecule has 1 aromatic heterocycles. The third-order valence-electron chi connectivity index (χ3n) is 3.99. The molecule has 0 saturated heterocycles. The minimum Gasteiger partial charge on any atom is -0.494 e. The van der Waals surface area contributed by atoms with Gasteiger partial charge in [-0.3, -0.25) is 4.79 Å². The Labute approximate surface area is 157 Å². The van der Waals surface area contributed by atoms with Crippen LogP contribution >= 0.6 is 11.8 Å². The molecule has 5 nitrogen and oxygen atoms in total. The third-order valence-corrected chi connectivity index (χ3v) is 5.06. The number of aromatic nitrogens is 3. The van der Waals surface area contributed by atoms with Gasteiger partial charge in [-0.05, 0) is 32.0 Å². The SMILES string of the molecule is CCOc1ccc(C(C)=O)cc1CSc1nnc(-c2ccccc2)n1C. The van der Waals surface area contributed by atoms with Gasteiger partial charge >= 0.3 is 0 Å². The van der Waals surface area contributed by atoms with Crippen molar-refractivity contribution in [1.29, 1.82) is 0 Å². The van der Waals surface area contributed by atoms with Crippen molar-refractivity contribution < 1.29 is 9.53 Å². The van der Waals surface area contributed by atoms with Gasteiger partial charge in [0.25, 0.3) is 0 Å². The Bertz CT molecular complexity index is 907. The number of carbonyl (C=O) groups excluding carboxylic acids is 1. The monoisotopic (exact) mass is 367 g/mol. The van der Waals surface area contributed by atoms with E-state index in [4.69, 9.17) is 4.74 Å². The number of Topliss-reactive ketones (excluding diaryl/α,β-unsaturated/α-hetero) is 1. The van der Waals surface area contributed by atoms with Gasteiger partial charge in [0, 0.05) is 29.5 Å². The lowest BCUT2D eigenvalue weighted by Gasteiger charge is -2.11. The number of thioether (sulfide) groups is 1. The first-order valence-corrected chi connectivity index (χ1v) is 9.43. The molecule has 1 heterocycles. The second-order valence-corrected chi connectivity index (χ2v) is 6.77. The first-order valence-electron chi connectivity index (χ1n) is 8.44. The number of rotatable bonds is 7. The highest BCUT2D eigenvalue weighted by Gasteiger charge is 2.13. The molecular weight excluding hydrogens is 346 g/mol. The molecule has 0 amide bonds. The minimum absolute atomic E-state index is 0.0457. The van der Waals surface area contributed by atoms with Crippen LogP contribution < -0.4 is 4.74 Å². The molecule has 3 rings (SSSR count). The van der Waals surface area contributed by atoms with Crippen LogP contribution in [-0.4, -0.2) is 27.2 Å². The first kappa shape index (κ1) is 18.2.